The van der Waals surface area contributed by atoms with Gasteiger partial charge in [0.1, 0.15) is 0 Å². The molecule has 0 radical (unpaired) electrons. The van der Waals surface area contributed by atoms with Crippen LogP contribution in [0.4, 0.5) is 5.69 Å². The van der Waals surface area contributed by atoms with Gasteiger partial charge in [-0.2, -0.15) is 5.10 Å². The molecule has 1 N–H and O–H groups in total. The quantitative estimate of drug-likeness (QED) is 0.376. The molecule has 0 aliphatic rings. The number of carbonyl (C=O) groups excluding carboxylic acids is 1. The Kier molecular flexibility index (Phi) is 6.03. The number of hydrazone groups is 1. The summed E-state index contributed by atoms with van der Waals surface area (Å²) in [7, 11) is 2.82. The number of amides is 1. The van der Waals surface area contributed by atoms with Crippen LogP contribution in [-0.2, 0) is 11.2 Å². The highest BCUT2D eigenvalue weighted by molar-refractivity contribution is 5.91. The highest BCUT2D eigenvalue weighted by Gasteiger charge is 2.18. The fourth-order valence-corrected chi connectivity index (χ4v) is 2.98. The predicted molar refractivity (Wildman–Crippen MR) is 110 cm³/mol. The second-order valence-corrected chi connectivity index (χ2v) is 6.13. The van der Waals surface area contributed by atoms with E-state index in [1.807, 2.05) is 42.5 Å². The molecule has 0 fully saturated rings. The first-order valence-corrected chi connectivity index (χ1v) is 8.72. The molecule has 1 amide bonds. The SMILES string of the molecule is COc1cc(/C=N\NC(=O)Cc2cccc3ccccc23)c([N+](=O)[O-])cc1OC. The van der Waals surface area contributed by atoms with Gasteiger partial charge in [-0.25, -0.2) is 5.43 Å². The number of nitrogens with zero attached hydrogens (tertiary/aromatic N) is 2. The lowest BCUT2D eigenvalue weighted by molar-refractivity contribution is -0.385. The molecule has 3 aromatic rings. The summed E-state index contributed by atoms with van der Waals surface area (Å²) in [5.41, 5.74) is 3.25. The van der Waals surface area contributed by atoms with E-state index >= 15 is 0 Å². The first-order chi connectivity index (χ1) is 14.0. The number of nitrogens with one attached hydrogen (secondary N) is 1. The van der Waals surface area contributed by atoms with E-state index in [0.717, 1.165) is 16.3 Å². The Hall–Kier alpha value is -3.94. The summed E-state index contributed by atoms with van der Waals surface area (Å²) >= 11 is 0. The molecule has 0 saturated heterocycles. The normalized spacial score (nSPS) is 10.8. The van der Waals surface area contributed by atoms with Gasteiger partial charge in [0.25, 0.3) is 5.69 Å². The number of carbonyl (C=O) groups is 1. The van der Waals surface area contributed by atoms with Crippen LogP contribution >= 0.6 is 0 Å². The van der Waals surface area contributed by atoms with Gasteiger partial charge in [0.15, 0.2) is 11.5 Å². The van der Waals surface area contributed by atoms with E-state index in [1.165, 1.54) is 32.6 Å². The average Bonchev–Trinajstić information content (AvgIpc) is 2.73. The van der Waals surface area contributed by atoms with E-state index in [9.17, 15) is 14.9 Å². The maximum atomic E-state index is 12.3. The number of methoxy groups -OCH3 is 2. The van der Waals surface area contributed by atoms with Crippen molar-refractivity contribution >= 4 is 28.6 Å². The van der Waals surface area contributed by atoms with E-state index in [2.05, 4.69) is 10.5 Å². The Morgan fingerprint density at radius 3 is 2.52 bits per heavy atom. The largest absolute Gasteiger partial charge is 0.493 e. The lowest BCUT2D eigenvalue weighted by atomic mass is 10.0. The molecule has 148 valence electrons. The summed E-state index contributed by atoms with van der Waals surface area (Å²) in [6.45, 7) is 0. The van der Waals surface area contributed by atoms with Crippen molar-refractivity contribution in [2.45, 2.75) is 6.42 Å². The molecule has 0 aliphatic heterocycles. The minimum absolute atomic E-state index is 0.132. The van der Waals surface area contributed by atoms with Gasteiger partial charge in [0.05, 0.1) is 43.4 Å². The van der Waals surface area contributed by atoms with Gasteiger partial charge in [-0.15, -0.1) is 0 Å². The number of benzene rings is 3. The zero-order valence-electron chi connectivity index (χ0n) is 15.9. The van der Waals surface area contributed by atoms with Crippen molar-refractivity contribution in [2.24, 2.45) is 5.10 Å². The van der Waals surface area contributed by atoms with Crippen molar-refractivity contribution < 1.29 is 19.2 Å². The average molecular weight is 393 g/mol. The van der Waals surface area contributed by atoms with Gasteiger partial charge in [-0.3, -0.25) is 14.9 Å². The molecule has 3 rings (SSSR count). The van der Waals surface area contributed by atoms with Gasteiger partial charge in [-0.05, 0) is 22.4 Å². The predicted octanol–water partition coefficient (Wildman–Crippen LogP) is 3.46. The topological polar surface area (TPSA) is 103 Å². The maximum Gasteiger partial charge on any atom is 0.282 e. The molecule has 0 aliphatic carbocycles. The fourth-order valence-electron chi connectivity index (χ4n) is 2.98. The Balaban J connectivity index is 1.77. The summed E-state index contributed by atoms with van der Waals surface area (Å²) < 4.78 is 10.2. The van der Waals surface area contributed by atoms with Gasteiger partial charge in [0, 0.05) is 0 Å². The minimum Gasteiger partial charge on any atom is -0.493 e. The molecule has 0 aromatic heterocycles. The molecule has 0 bridgehead atoms. The van der Waals surface area contributed by atoms with Crippen molar-refractivity contribution in [2.75, 3.05) is 14.2 Å². The Morgan fingerprint density at radius 2 is 1.79 bits per heavy atom. The van der Waals surface area contributed by atoms with Crippen molar-refractivity contribution in [3.63, 3.8) is 0 Å². The smallest absolute Gasteiger partial charge is 0.282 e. The first kappa shape index (κ1) is 19.8. The van der Waals surface area contributed by atoms with Crippen LogP contribution in [0.3, 0.4) is 0 Å². The number of hydrogen-bond acceptors (Lipinski definition) is 6. The van der Waals surface area contributed by atoms with Gasteiger partial charge in [0.2, 0.25) is 5.91 Å². The van der Waals surface area contributed by atoms with E-state index in [1.54, 1.807) is 0 Å². The van der Waals surface area contributed by atoms with Crippen LogP contribution in [0.25, 0.3) is 10.8 Å². The number of nitro benzene ring substituents is 1. The Labute approximate surface area is 166 Å². The van der Waals surface area contributed by atoms with Crippen LogP contribution < -0.4 is 14.9 Å². The third-order valence-corrected chi connectivity index (χ3v) is 4.35. The molecular formula is C21H19N3O5. The number of nitro groups is 1. The molecule has 0 spiro atoms. The van der Waals surface area contributed by atoms with E-state index < -0.39 is 4.92 Å². The molecule has 0 heterocycles. The van der Waals surface area contributed by atoms with E-state index in [4.69, 9.17) is 9.47 Å². The number of ether oxygens (including phenoxy) is 2. The second-order valence-electron chi connectivity index (χ2n) is 6.13. The van der Waals surface area contributed by atoms with Crippen LogP contribution in [0.5, 0.6) is 11.5 Å². The molecule has 3 aromatic carbocycles. The molecule has 0 saturated carbocycles. The zero-order chi connectivity index (χ0) is 20.8. The lowest BCUT2D eigenvalue weighted by Gasteiger charge is -2.08. The monoisotopic (exact) mass is 393 g/mol. The first-order valence-electron chi connectivity index (χ1n) is 8.72. The summed E-state index contributed by atoms with van der Waals surface area (Å²) in [6.07, 6.45) is 1.34. The fraction of sp³-hybridized carbons (Fsp3) is 0.143. The van der Waals surface area contributed by atoms with Crippen molar-refractivity contribution in [1.82, 2.24) is 5.43 Å². The number of fused-ring (bicyclic) bond motifs is 1. The minimum atomic E-state index is -0.554. The van der Waals surface area contributed by atoms with Gasteiger partial charge < -0.3 is 9.47 Å². The van der Waals surface area contributed by atoms with Crippen molar-refractivity contribution in [3.8, 4) is 11.5 Å². The molecule has 0 unspecified atom stereocenters. The highest BCUT2D eigenvalue weighted by Crippen LogP contribution is 2.33. The molecule has 8 nitrogen and oxygen atoms in total. The number of rotatable bonds is 7. The highest BCUT2D eigenvalue weighted by atomic mass is 16.6. The summed E-state index contributed by atoms with van der Waals surface area (Å²) in [6, 6.07) is 16.2. The summed E-state index contributed by atoms with van der Waals surface area (Å²) in [5.74, 6) is 0.221. The Bertz CT molecular complexity index is 1090. The maximum absolute atomic E-state index is 12.3. The van der Waals surface area contributed by atoms with Crippen LogP contribution in [-0.4, -0.2) is 31.3 Å². The second kappa shape index (κ2) is 8.83. The van der Waals surface area contributed by atoms with Crippen LogP contribution in [0.15, 0.2) is 59.7 Å². The molecule has 0 atom stereocenters. The zero-order valence-corrected chi connectivity index (χ0v) is 15.9. The van der Waals surface area contributed by atoms with Gasteiger partial charge >= 0.3 is 0 Å². The third-order valence-electron chi connectivity index (χ3n) is 4.35. The van der Waals surface area contributed by atoms with Crippen LogP contribution in [0.1, 0.15) is 11.1 Å². The van der Waals surface area contributed by atoms with Crippen molar-refractivity contribution in [3.05, 3.63) is 75.8 Å². The molecule has 8 heteroatoms. The molecular weight excluding hydrogens is 374 g/mol. The van der Waals surface area contributed by atoms with Crippen LogP contribution in [0, 0.1) is 10.1 Å². The Morgan fingerprint density at radius 1 is 1.10 bits per heavy atom. The summed E-state index contributed by atoms with van der Waals surface area (Å²) in [5, 5.41) is 17.2. The number of hydrogen-bond donors (Lipinski definition) is 1. The standard InChI is InChI=1S/C21H19N3O5/c1-28-19-10-16(18(24(26)27)12-20(19)29-2)13-22-23-21(25)11-15-8-5-7-14-6-3-4-9-17(14)15/h3-10,12-13H,11H2,1-2H3,(H,23,25)/b22-13-. The van der Waals surface area contributed by atoms with Crippen LogP contribution in [0.2, 0.25) is 0 Å². The summed E-state index contributed by atoms with van der Waals surface area (Å²) in [4.78, 5) is 23.0. The molecule has 29 heavy (non-hydrogen) atoms. The van der Waals surface area contributed by atoms with E-state index in [0.29, 0.717) is 5.75 Å². The third kappa shape index (κ3) is 4.49. The van der Waals surface area contributed by atoms with Gasteiger partial charge in [-0.1, -0.05) is 42.5 Å². The van der Waals surface area contributed by atoms with Crippen molar-refractivity contribution in [1.29, 1.82) is 0 Å². The lowest BCUT2D eigenvalue weighted by Crippen LogP contribution is -2.20. The van der Waals surface area contributed by atoms with E-state index in [-0.39, 0.29) is 29.3 Å².